The second-order valence-electron chi connectivity index (χ2n) is 6.62. The number of piperidine rings is 1. The lowest BCUT2D eigenvalue weighted by Gasteiger charge is -2.35. The molecule has 0 saturated carbocycles. The molecule has 122 valence electrons. The SMILES string of the molecule is CCCN(CC(=O)N1CCCCCCC1)C1CCCNC1. The Bertz CT molecular complexity index is 294. The Labute approximate surface area is 130 Å². The third-order valence-corrected chi connectivity index (χ3v) is 4.85. The minimum absolute atomic E-state index is 0.357. The van der Waals surface area contributed by atoms with Crippen molar-refractivity contribution in [3.63, 3.8) is 0 Å². The van der Waals surface area contributed by atoms with Crippen molar-refractivity contribution in [3.05, 3.63) is 0 Å². The summed E-state index contributed by atoms with van der Waals surface area (Å²) >= 11 is 0. The Kier molecular flexibility index (Phi) is 7.51. The van der Waals surface area contributed by atoms with Crippen LogP contribution in [0.2, 0.25) is 0 Å². The van der Waals surface area contributed by atoms with E-state index >= 15 is 0 Å². The lowest BCUT2D eigenvalue weighted by molar-refractivity contribution is -0.133. The van der Waals surface area contributed by atoms with Crippen LogP contribution in [-0.2, 0) is 4.79 Å². The lowest BCUT2D eigenvalue weighted by Crippen LogP contribution is -2.50. The third kappa shape index (κ3) is 5.59. The number of carbonyl (C=O) groups is 1. The standard InChI is InChI=1S/C17H33N3O/c1-2-11-20(16-9-8-10-18-14-16)15-17(21)19-12-6-4-3-5-7-13-19/h16,18H,2-15H2,1H3. The van der Waals surface area contributed by atoms with Crippen LogP contribution in [0.4, 0.5) is 0 Å². The first-order chi connectivity index (χ1) is 10.3. The number of rotatable bonds is 5. The highest BCUT2D eigenvalue weighted by atomic mass is 16.2. The van der Waals surface area contributed by atoms with Gasteiger partial charge in [0.25, 0.3) is 0 Å². The maximum absolute atomic E-state index is 12.7. The van der Waals surface area contributed by atoms with Gasteiger partial charge in [-0.15, -0.1) is 0 Å². The van der Waals surface area contributed by atoms with Crippen LogP contribution in [-0.4, -0.2) is 61.0 Å². The summed E-state index contributed by atoms with van der Waals surface area (Å²) in [6.07, 6.45) is 9.89. The fraction of sp³-hybridized carbons (Fsp3) is 0.941. The molecule has 2 rings (SSSR count). The van der Waals surface area contributed by atoms with Crippen LogP contribution in [0, 0.1) is 0 Å². The van der Waals surface area contributed by atoms with Gasteiger partial charge in [-0.3, -0.25) is 9.69 Å². The van der Waals surface area contributed by atoms with Crippen LogP contribution < -0.4 is 5.32 Å². The van der Waals surface area contributed by atoms with E-state index in [1.807, 2.05) is 0 Å². The van der Waals surface area contributed by atoms with Crippen molar-refractivity contribution in [2.45, 2.75) is 64.3 Å². The molecule has 0 aromatic carbocycles. The minimum atomic E-state index is 0.357. The van der Waals surface area contributed by atoms with E-state index in [1.54, 1.807) is 0 Å². The van der Waals surface area contributed by atoms with E-state index in [9.17, 15) is 4.79 Å². The van der Waals surface area contributed by atoms with E-state index in [2.05, 4.69) is 22.0 Å². The molecule has 0 spiro atoms. The van der Waals surface area contributed by atoms with Gasteiger partial charge in [-0.1, -0.05) is 26.2 Å². The van der Waals surface area contributed by atoms with Crippen LogP contribution in [0.25, 0.3) is 0 Å². The molecule has 2 aliphatic heterocycles. The number of nitrogens with one attached hydrogen (secondary N) is 1. The molecule has 2 aliphatic rings. The number of hydrogen-bond donors (Lipinski definition) is 1. The average molecular weight is 295 g/mol. The highest BCUT2D eigenvalue weighted by molar-refractivity contribution is 5.78. The van der Waals surface area contributed by atoms with Crippen molar-refractivity contribution in [3.8, 4) is 0 Å². The van der Waals surface area contributed by atoms with Crippen LogP contribution in [0.3, 0.4) is 0 Å². The average Bonchev–Trinajstić information content (AvgIpc) is 2.47. The molecule has 1 atom stereocenters. The summed E-state index contributed by atoms with van der Waals surface area (Å²) < 4.78 is 0. The molecule has 4 heteroatoms. The normalized spacial score (nSPS) is 24.7. The highest BCUT2D eigenvalue weighted by Crippen LogP contribution is 2.14. The van der Waals surface area contributed by atoms with Gasteiger partial charge in [0, 0.05) is 25.7 Å². The number of hydrogen-bond acceptors (Lipinski definition) is 3. The summed E-state index contributed by atoms with van der Waals surface area (Å²) in [5, 5.41) is 3.48. The first kappa shape index (κ1) is 16.8. The van der Waals surface area contributed by atoms with Crippen molar-refractivity contribution >= 4 is 5.91 Å². The molecular formula is C17H33N3O. The van der Waals surface area contributed by atoms with Crippen molar-refractivity contribution in [1.82, 2.24) is 15.1 Å². The molecule has 1 unspecified atom stereocenters. The van der Waals surface area contributed by atoms with Crippen molar-refractivity contribution < 1.29 is 4.79 Å². The molecular weight excluding hydrogens is 262 g/mol. The molecule has 0 bridgehead atoms. The summed E-state index contributed by atoms with van der Waals surface area (Å²) in [6.45, 7) is 8.02. The quantitative estimate of drug-likeness (QED) is 0.845. The smallest absolute Gasteiger partial charge is 0.236 e. The summed E-state index contributed by atoms with van der Waals surface area (Å²) in [6, 6.07) is 0.553. The van der Waals surface area contributed by atoms with Gasteiger partial charge in [-0.25, -0.2) is 0 Å². The monoisotopic (exact) mass is 295 g/mol. The summed E-state index contributed by atoms with van der Waals surface area (Å²) in [7, 11) is 0. The molecule has 0 radical (unpaired) electrons. The van der Waals surface area contributed by atoms with E-state index < -0.39 is 0 Å². The zero-order valence-electron chi connectivity index (χ0n) is 13.8. The number of amides is 1. The Hall–Kier alpha value is -0.610. The molecule has 4 nitrogen and oxygen atoms in total. The zero-order chi connectivity index (χ0) is 14.9. The second-order valence-corrected chi connectivity index (χ2v) is 6.62. The molecule has 0 aromatic rings. The number of carbonyl (C=O) groups excluding carboxylic acids is 1. The zero-order valence-corrected chi connectivity index (χ0v) is 13.8. The highest BCUT2D eigenvalue weighted by Gasteiger charge is 2.24. The van der Waals surface area contributed by atoms with Gasteiger partial charge in [0.1, 0.15) is 0 Å². The molecule has 2 saturated heterocycles. The lowest BCUT2D eigenvalue weighted by atomic mass is 10.1. The molecule has 1 amide bonds. The first-order valence-electron chi connectivity index (χ1n) is 9.04. The summed E-state index contributed by atoms with van der Waals surface area (Å²) in [5.41, 5.74) is 0. The van der Waals surface area contributed by atoms with Crippen molar-refractivity contribution in [2.24, 2.45) is 0 Å². The van der Waals surface area contributed by atoms with Gasteiger partial charge in [0.05, 0.1) is 6.54 Å². The predicted molar refractivity (Wildman–Crippen MR) is 87.4 cm³/mol. The maximum atomic E-state index is 12.7. The Morgan fingerprint density at radius 1 is 1.14 bits per heavy atom. The van der Waals surface area contributed by atoms with Crippen LogP contribution >= 0.6 is 0 Å². The van der Waals surface area contributed by atoms with Gasteiger partial charge < -0.3 is 10.2 Å². The topological polar surface area (TPSA) is 35.6 Å². The molecule has 1 N–H and O–H groups in total. The van der Waals surface area contributed by atoms with Gasteiger partial charge in [0.15, 0.2) is 0 Å². The van der Waals surface area contributed by atoms with E-state index in [0.29, 0.717) is 18.5 Å². The molecule has 2 heterocycles. The minimum Gasteiger partial charge on any atom is -0.342 e. The molecule has 2 fully saturated rings. The fourth-order valence-electron chi connectivity index (χ4n) is 3.59. The summed E-state index contributed by atoms with van der Waals surface area (Å²) in [5.74, 6) is 0.357. The Morgan fingerprint density at radius 2 is 1.86 bits per heavy atom. The largest absolute Gasteiger partial charge is 0.342 e. The molecule has 21 heavy (non-hydrogen) atoms. The van der Waals surface area contributed by atoms with Crippen LogP contribution in [0.5, 0.6) is 0 Å². The van der Waals surface area contributed by atoms with Gasteiger partial charge in [-0.05, 0) is 45.2 Å². The Morgan fingerprint density at radius 3 is 2.48 bits per heavy atom. The Balaban J connectivity index is 1.86. The van der Waals surface area contributed by atoms with Crippen molar-refractivity contribution in [2.75, 3.05) is 39.3 Å². The van der Waals surface area contributed by atoms with E-state index in [-0.39, 0.29) is 0 Å². The molecule has 0 aliphatic carbocycles. The van der Waals surface area contributed by atoms with Gasteiger partial charge >= 0.3 is 0 Å². The second kappa shape index (κ2) is 9.42. The maximum Gasteiger partial charge on any atom is 0.236 e. The van der Waals surface area contributed by atoms with E-state index in [1.165, 1.54) is 44.9 Å². The third-order valence-electron chi connectivity index (χ3n) is 4.85. The van der Waals surface area contributed by atoms with E-state index in [0.717, 1.165) is 39.1 Å². The number of likely N-dealkylation sites (tertiary alicyclic amines) is 1. The van der Waals surface area contributed by atoms with Gasteiger partial charge in [-0.2, -0.15) is 0 Å². The van der Waals surface area contributed by atoms with Crippen LogP contribution in [0.15, 0.2) is 0 Å². The molecule has 0 aromatic heterocycles. The van der Waals surface area contributed by atoms with Crippen molar-refractivity contribution in [1.29, 1.82) is 0 Å². The van der Waals surface area contributed by atoms with Gasteiger partial charge in [0.2, 0.25) is 5.91 Å². The van der Waals surface area contributed by atoms with Crippen LogP contribution in [0.1, 0.15) is 58.3 Å². The fourth-order valence-corrected chi connectivity index (χ4v) is 3.59. The first-order valence-corrected chi connectivity index (χ1v) is 9.04. The van der Waals surface area contributed by atoms with E-state index in [4.69, 9.17) is 0 Å². The number of nitrogens with zero attached hydrogens (tertiary/aromatic N) is 2. The summed E-state index contributed by atoms with van der Waals surface area (Å²) in [4.78, 5) is 17.2. The predicted octanol–water partition coefficient (Wildman–Crippen LogP) is 2.24.